The maximum atomic E-state index is 13.7. The fourth-order valence-electron chi connectivity index (χ4n) is 4.56. The van der Waals surface area contributed by atoms with Crippen molar-refractivity contribution >= 4 is 28.9 Å². The van der Waals surface area contributed by atoms with Crippen LogP contribution in [0.1, 0.15) is 48.7 Å². The van der Waals surface area contributed by atoms with Gasteiger partial charge in [-0.1, -0.05) is 18.2 Å². The highest BCUT2D eigenvalue weighted by atomic mass is 16.5. The first-order chi connectivity index (χ1) is 17.0. The second-order valence-corrected chi connectivity index (χ2v) is 8.98. The predicted octanol–water partition coefficient (Wildman–Crippen LogP) is 3.19. The van der Waals surface area contributed by atoms with E-state index in [1.54, 1.807) is 31.2 Å². The molecule has 0 spiro atoms. The first-order valence-corrected chi connectivity index (χ1v) is 11.4. The van der Waals surface area contributed by atoms with E-state index in [-0.39, 0.29) is 64.1 Å². The number of hydrogen-bond acceptors (Lipinski definition) is 8. The van der Waals surface area contributed by atoms with Gasteiger partial charge in [0.05, 0.1) is 11.1 Å². The zero-order chi connectivity index (χ0) is 26.4. The van der Waals surface area contributed by atoms with Gasteiger partial charge in [-0.15, -0.1) is 0 Å². The number of para-hydroxylation sites is 1. The number of rotatable bonds is 6. The average Bonchev–Trinajstić information content (AvgIpc) is 3.11. The number of hydrogen-bond donors (Lipinski definition) is 4. The Kier molecular flexibility index (Phi) is 6.17. The molecule has 1 unspecified atom stereocenters. The highest BCUT2D eigenvalue weighted by Gasteiger charge is 2.56. The zero-order valence-electron chi connectivity index (χ0n) is 20.3. The third-order valence-electron chi connectivity index (χ3n) is 6.56. The number of Topliss-reactive ketones (excluding diaryl/α,β-unsaturated/α-hetero) is 2. The second kappa shape index (κ2) is 8.99. The number of phenolic OH excluding ortho intramolecular Hbond substituents is 2. The van der Waals surface area contributed by atoms with E-state index in [0.717, 1.165) is 6.08 Å². The minimum Gasteiger partial charge on any atom is -0.507 e. The summed E-state index contributed by atoms with van der Waals surface area (Å²) in [5, 5.41) is 27.0. The fraction of sp³-hybridized carbons (Fsp3) is 0.259. The van der Waals surface area contributed by atoms with Crippen molar-refractivity contribution in [3.8, 4) is 17.2 Å². The van der Waals surface area contributed by atoms with Gasteiger partial charge in [0.25, 0.3) is 0 Å². The largest absolute Gasteiger partial charge is 0.507 e. The lowest BCUT2D eigenvalue weighted by Gasteiger charge is -2.29. The molecule has 0 radical (unpaired) electrons. The number of benzene rings is 2. The molecule has 2 aliphatic rings. The first-order valence-electron chi connectivity index (χ1n) is 11.4. The summed E-state index contributed by atoms with van der Waals surface area (Å²) in [6.45, 7) is 5.88. The van der Waals surface area contributed by atoms with Gasteiger partial charge in [-0.25, -0.2) is 0 Å². The van der Waals surface area contributed by atoms with Crippen LogP contribution >= 0.6 is 0 Å². The molecular weight excluding hydrogens is 464 g/mol. The van der Waals surface area contributed by atoms with Gasteiger partial charge in [0, 0.05) is 36.0 Å². The van der Waals surface area contributed by atoms with Crippen molar-refractivity contribution in [2.45, 2.75) is 39.5 Å². The molecule has 2 aromatic carbocycles. The van der Waals surface area contributed by atoms with Crippen LogP contribution < -0.4 is 15.4 Å². The minimum absolute atomic E-state index is 0.0271. The number of aromatic hydroxyl groups is 2. The molecule has 36 heavy (non-hydrogen) atoms. The van der Waals surface area contributed by atoms with Gasteiger partial charge in [0.15, 0.2) is 17.3 Å². The molecule has 1 heterocycles. The summed E-state index contributed by atoms with van der Waals surface area (Å²) in [4.78, 5) is 51.1. The fourth-order valence-corrected chi connectivity index (χ4v) is 4.56. The predicted molar refractivity (Wildman–Crippen MR) is 131 cm³/mol. The Bertz CT molecular complexity index is 1390. The van der Waals surface area contributed by atoms with E-state index >= 15 is 0 Å². The Morgan fingerprint density at radius 2 is 1.72 bits per heavy atom. The topological polar surface area (TPSA) is 142 Å². The molecule has 0 saturated heterocycles. The molecule has 9 nitrogen and oxygen atoms in total. The smallest absolute Gasteiger partial charge is 0.226 e. The summed E-state index contributed by atoms with van der Waals surface area (Å²) < 4.78 is 5.74. The molecule has 4 rings (SSSR count). The number of carbonyl (C=O) groups excluding carboxylic acids is 4. The molecule has 1 amide bonds. The third kappa shape index (κ3) is 3.82. The van der Waals surface area contributed by atoms with E-state index in [2.05, 4.69) is 10.6 Å². The molecule has 1 aliphatic carbocycles. The van der Waals surface area contributed by atoms with Crippen LogP contribution in [0.15, 0.2) is 53.4 Å². The number of ketones is 3. The average molecular weight is 491 g/mol. The quantitative estimate of drug-likeness (QED) is 0.275. The number of allylic oxidation sites excluding steroid dienone is 4. The Hall–Kier alpha value is -4.40. The number of anilines is 1. The van der Waals surface area contributed by atoms with E-state index < -0.39 is 28.5 Å². The van der Waals surface area contributed by atoms with Gasteiger partial charge in [-0.3, -0.25) is 19.2 Å². The second-order valence-electron chi connectivity index (χ2n) is 8.98. The lowest BCUT2D eigenvalue weighted by Crippen LogP contribution is -2.41. The molecular formula is C27H26N2O7. The SMILES string of the molecule is CC(=O)c1c(O)c(C)c(O)c2c1OC1=CC(=O)C(=C(C)NCCC(=O)Nc3ccccc3)C(=O)C12C. The number of phenols is 2. The van der Waals surface area contributed by atoms with E-state index in [4.69, 9.17) is 4.74 Å². The molecule has 4 N–H and O–H groups in total. The number of amides is 1. The molecule has 2 aromatic rings. The van der Waals surface area contributed by atoms with Crippen LogP contribution in [0.25, 0.3) is 0 Å². The van der Waals surface area contributed by atoms with Crippen molar-refractivity contribution in [2.24, 2.45) is 0 Å². The molecule has 0 bridgehead atoms. The summed E-state index contributed by atoms with van der Waals surface area (Å²) >= 11 is 0. The van der Waals surface area contributed by atoms with Crippen LogP contribution in [-0.2, 0) is 19.8 Å². The molecule has 186 valence electrons. The minimum atomic E-state index is -1.58. The molecule has 1 aliphatic heterocycles. The monoisotopic (exact) mass is 490 g/mol. The summed E-state index contributed by atoms with van der Waals surface area (Å²) in [6.07, 6.45) is 1.24. The highest BCUT2D eigenvalue weighted by molar-refractivity contribution is 6.31. The van der Waals surface area contributed by atoms with Gasteiger partial charge in [-0.2, -0.15) is 0 Å². The van der Waals surface area contributed by atoms with Crippen molar-refractivity contribution in [1.82, 2.24) is 5.32 Å². The summed E-state index contributed by atoms with van der Waals surface area (Å²) in [7, 11) is 0. The van der Waals surface area contributed by atoms with Gasteiger partial charge >= 0.3 is 0 Å². The van der Waals surface area contributed by atoms with Crippen molar-refractivity contribution in [2.75, 3.05) is 11.9 Å². The molecule has 0 fully saturated rings. The normalized spacial score (nSPS) is 19.6. The van der Waals surface area contributed by atoms with Crippen molar-refractivity contribution in [3.63, 3.8) is 0 Å². The zero-order valence-corrected chi connectivity index (χ0v) is 20.3. The van der Waals surface area contributed by atoms with Crippen LogP contribution in [0.4, 0.5) is 5.69 Å². The summed E-state index contributed by atoms with van der Waals surface area (Å²) in [5.41, 5.74) is -0.911. The van der Waals surface area contributed by atoms with Gasteiger partial charge < -0.3 is 25.6 Å². The highest BCUT2D eigenvalue weighted by Crippen LogP contribution is 2.57. The Morgan fingerprint density at radius 1 is 1.06 bits per heavy atom. The van der Waals surface area contributed by atoms with Gasteiger partial charge in [0.2, 0.25) is 5.91 Å². The van der Waals surface area contributed by atoms with Crippen molar-refractivity contribution in [1.29, 1.82) is 0 Å². The Morgan fingerprint density at radius 3 is 2.36 bits per heavy atom. The van der Waals surface area contributed by atoms with Crippen LogP contribution in [0.5, 0.6) is 17.2 Å². The molecule has 0 aromatic heterocycles. The van der Waals surface area contributed by atoms with Crippen LogP contribution in [0.2, 0.25) is 0 Å². The Labute approximate surface area is 207 Å². The van der Waals surface area contributed by atoms with E-state index in [1.807, 2.05) is 6.07 Å². The molecule has 1 atom stereocenters. The maximum absolute atomic E-state index is 13.7. The Balaban J connectivity index is 1.63. The van der Waals surface area contributed by atoms with Crippen LogP contribution in [-0.4, -0.2) is 40.0 Å². The number of ether oxygens (including phenoxy) is 1. The number of carbonyl (C=O) groups is 4. The first kappa shape index (κ1) is 24.7. The van der Waals surface area contributed by atoms with Crippen molar-refractivity contribution in [3.05, 3.63) is 70.1 Å². The number of fused-ring (bicyclic) bond motifs is 3. The number of nitrogens with one attached hydrogen (secondary N) is 2. The van der Waals surface area contributed by atoms with E-state index in [1.165, 1.54) is 20.8 Å². The maximum Gasteiger partial charge on any atom is 0.226 e. The molecule has 0 saturated carbocycles. The van der Waals surface area contributed by atoms with E-state index in [9.17, 15) is 29.4 Å². The molecule has 9 heteroatoms. The third-order valence-corrected chi connectivity index (χ3v) is 6.56. The summed E-state index contributed by atoms with van der Waals surface area (Å²) in [5.74, 6) is -2.99. The standard InChI is InChI=1S/C27H26N2O7/c1-13-23(33)21(15(3)30)25-22(24(13)34)27(4)18(36-25)12-17(31)20(26(27)35)14(2)28-11-10-19(32)29-16-8-6-5-7-9-16/h5-9,12,28,33-34H,10-11H2,1-4H3,(H,29,32). The van der Waals surface area contributed by atoms with Crippen molar-refractivity contribution < 1.29 is 34.1 Å². The van der Waals surface area contributed by atoms with Gasteiger partial charge in [-0.05, 0) is 39.8 Å². The lowest BCUT2D eigenvalue weighted by atomic mass is 9.70. The van der Waals surface area contributed by atoms with Gasteiger partial charge in [0.1, 0.15) is 34.0 Å². The van der Waals surface area contributed by atoms with Crippen LogP contribution in [0, 0.1) is 6.92 Å². The van der Waals surface area contributed by atoms with Crippen LogP contribution in [0.3, 0.4) is 0 Å². The lowest BCUT2D eigenvalue weighted by molar-refractivity contribution is -0.123. The summed E-state index contributed by atoms with van der Waals surface area (Å²) in [6, 6.07) is 8.96. The van der Waals surface area contributed by atoms with E-state index in [0.29, 0.717) is 5.69 Å².